The molecule has 0 saturated heterocycles. The summed E-state index contributed by atoms with van der Waals surface area (Å²) in [6.45, 7) is 16.1. The Bertz CT molecular complexity index is 305. The highest BCUT2D eigenvalue weighted by Gasteiger charge is 2.63. The molecule has 1 fully saturated rings. The van der Waals surface area contributed by atoms with Crippen LogP contribution in [0.25, 0.3) is 0 Å². The predicted molar refractivity (Wildman–Crippen MR) is 57.5 cm³/mol. The molecule has 2 aliphatic carbocycles. The average Bonchev–Trinajstić information content (AvgIpc) is 2.26. The largest absolute Gasteiger partial charge is 0.0950 e. The van der Waals surface area contributed by atoms with E-state index in [0.717, 1.165) is 0 Å². The van der Waals surface area contributed by atoms with E-state index in [0.29, 0.717) is 10.8 Å². The summed E-state index contributed by atoms with van der Waals surface area (Å²) in [6, 6.07) is 0. The van der Waals surface area contributed by atoms with E-state index in [4.69, 9.17) is 0 Å². The first-order valence-electron chi connectivity index (χ1n) is 5.15. The van der Waals surface area contributed by atoms with E-state index in [-0.39, 0.29) is 5.41 Å². The minimum Gasteiger partial charge on any atom is -0.0950 e. The SMILES string of the molecule is C=C1C2=CCC(C)(C1(C)C)C2(C)C. The fourth-order valence-electron chi connectivity index (χ4n) is 3.32. The maximum absolute atomic E-state index is 4.26. The Morgan fingerprint density at radius 3 is 1.85 bits per heavy atom. The van der Waals surface area contributed by atoms with Crippen molar-refractivity contribution in [1.29, 1.82) is 0 Å². The maximum atomic E-state index is 4.26. The van der Waals surface area contributed by atoms with Gasteiger partial charge in [0.05, 0.1) is 0 Å². The van der Waals surface area contributed by atoms with Crippen LogP contribution in [0.5, 0.6) is 0 Å². The highest BCUT2D eigenvalue weighted by Crippen LogP contribution is 2.72. The van der Waals surface area contributed by atoms with Crippen molar-refractivity contribution < 1.29 is 0 Å². The molecule has 13 heavy (non-hydrogen) atoms. The summed E-state index contributed by atoms with van der Waals surface area (Å²) >= 11 is 0. The summed E-state index contributed by atoms with van der Waals surface area (Å²) in [5.74, 6) is 0. The topological polar surface area (TPSA) is 0 Å². The van der Waals surface area contributed by atoms with E-state index in [1.165, 1.54) is 17.6 Å². The lowest BCUT2D eigenvalue weighted by Gasteiger charge is -2.44. The lowest BCUT2D eigenvalue weighted by Crippen LogP contribution is -2.38. The van der Waals surface area contributed by atoms with Gasteiger partial charge in [0, 0.05) is 0 Å². The van der Waals surface area contributed by atoms with Crippen LogP contribution in [0.4, 0.5) is 0 Å². The number of hydrogen-bond donors (Lipinski definition) is 0. The normalized spacial score (nSPS) is 39.5. The quantitative estimate of drug-likeness (QED) is 0.524. The zero-order valence-corrected chi connectivity index (χ0v) is 9.49. The molecule has 0 aromatic rings. The molecule has 0 amide bonds. The van der Waals surface area contributed by atoms with Crippen LogP contribution in [-0.2, 0) is 0 Å². The van der Waals surface area contributed by atoms with Crippen molar-refractivity contribution in [3.8, 4) is 0 Å². The molecule has 2 bridgehead atoms. The van der Waals surface area contributed by atoms with Crippen LogP contribution in [0.3, 0.4) is 0 Å². The molecule has 1 saturated carbocycles. The van der Waals surface area contributed by atoms with Crippen molar-refractivity contribution in [2.45, 2.75) is 41.0 Å². The standard InChI is InChI=1S/C13H20/c1-9-10-7-8-13(6,11(9,2)3)12(10,4)5/h7H,1,8H2,2-6H3. The third kappa shape index (κ3) is 0.662. The van der Waals surface area contributed by atoms with Crippen molar-refractivity contribution in [3.63, 3.8) is 0 Å². The second kappa shape index (κ2) is 1.94. The molecule has 0 heteroatoms. The van der Waals surface area contributed by atoms with E-state index >= 15 is 0 Å². The molecule has 0 nitrogen and oxygen atoms in total. The molecule has 0 spiro atoms. The Labute approximate surface area is 81.7 Å². The Hall–Kier alpha value is -0.520. The summed E-state index contributed by atoms with van der Waals surface area (Å²) in [4.78, 5) is 0. The Morgan fingerprint density at radius 2 is 1.62 bits per heavy atom. The first kappa shape index (κ1) is 9.05. The smallest absolute Gasteiger partial charge is 0.00390 e. The number of hydrogen-bond acceptors (Lipinski definition) is 0. The first-order chi connectivity index (χ1) is 5.75. The van der Waals surface area contributed by atoms with Gasteiger partial charge in [-0.2, -0.15) is 0 Å². The van der Waals surface area contributed by atoms with Gasteiger partial charge in [-0.3, -0.25) is 0 Å². The van der Waals surface area contributed by atoms with Crippen LogP contribution in [-0.4, -0.2) is 0 Å². The van der Waals surface area contributed by atoms with Crippen molar-refractivity contribution in [1.82, 2.24) is 0 Å². The Balaban J connectivity index is 2.68. The third-order valence-electron chi connectivity index (χ3n) is 5.23. The Morgan fingerprint density at radius 1 is 1.08 bits per heavy atom. The van der Waals surface area contributed by atoms with Crippen LogP contribution in [0.1, 0.15) is 41.0 Å². The predicted octanol–water partition coefficient (Wildman–Crippen LogP) is 3.95. The molecule has 0 radical (unpaired) electrons. The molecule has 0 N–H and O–H groups in total. The first-order valence-corrected chi connectivity index (χ1v) is 5.15. The van der Waals surface area contributed by atoms with Gasteiger partial charge in [-0.15, -0.1) is 0 Å². The summed E-state index contributed by atoms with van der Waals surface area (Å²) in [7, 11) is 0. The summed E-state index contributed by atoms with van der Waals surface area (Å²) in [5.41, 5.74) is 3.87. The molecular weight excluding hydrogens is 156 g/mol. The maximum Gasteiger partial charge on any atom is -0.00390 e. The lowest BCUT2D eigenvalue weighted by atomic mass is 9.59. The molecule has 2 rings (SSSR count). The number of fused-ring (bicyclic) bond motifs is 2. The summed E-state index contributed by atoms with van der Waals surface area (Å²) in [6.07, 6.45) is 3.62. The zero-order chi connectivity index (χ0) is 10.1. The molecule has 1 unspecified atom stereocenters. The monoisotopic (exact) mass is 176 g/mol. The average molecular weight is 176 g/mol. The molecule has 1 atom stereocenters. The van der Waals surface area contributed by atoms with Crippen molar-refractivity contribution in [3.05, 3.63) is 23.8 Å². The van der Waals surface area contributed by atoms with Gasteiger partial charge in [-0.25, -0.2) is 0 Å². The zero-order valence-electron chi connectivity index (χ0n) is 9.49. The summed E-state index contributed by atoms with van der Waals surface area (Å²) in [5, 5.41) is 0. The van der Waals surface area contributed by atoms with E-state index in [1.54, 1.807) is 0 Å². The second-order valence-corrected chi connectivity index (χ2v) is 5.88. The molecule has 0 aliphatic heterocycles. The molecule has 2 aliphatic rings. The highest BCUT2D eigenvalue weighted by atomic mass is 14.7. The molecule has 72 valence electrons. The van der Waals surface area contributed by atoms with E-state index < -0.39 is 0 Å². The minimum atomic E-state index is 0.278. The van der Waals surface area contributed by atoms with Crippen molar-refractivity contribution in [2.75, 3.05) is 0 Å². The van der Waals surface area contributed by atoms with Gasteiger partial charge >= 0.3 is 0 Å². The van der Waals surface area contributed by atoms with Crippen LogP contribution < -0.4 is 0 Å². The van der Waals surface area contributed by atoms with E-state index in [9.17, 15) is 0 Å². The van der Waals surface area contributed by atoms with Gasteiger partial charge < -0.3 is 0 Å². The third-order valence-corrected chi connectivity index (χ3v) is 5.23. The molecule has 0 heterocycles. The number of allylic oxidation sites excluding steroid dienone is 3. The van der Waals surface area contributed by atoms with E-state index in [1.807, 2.05) is 0 Å². The Kier molecular flexibility index (Phi) is 1.35. The van der Waals surface area contributed by atoms with Crippen LogP contribution >= 0.6 is 0 Å². The van der Waals surface area contributed by atoms with E-state index in [2.05, 4.69) is 47.3 Å². The van der Waals surface area contributed by atoms with Gasteiger partial charge in [-0.1, -0.05) is 47.3 Å². The fourth-order valence-corrected chi connectivity index (χ4v) is 3.32. The van der Waals surface area contributed by atoms with Crippen LogP contribution in [0.15, 0.2) is 23.8 Å². The van der Waals surface area contributed by atoms with Gasteiger partial charge in [0.25, 0.3) is 0 Å². The van der Waals surface area contributed by atoms with Gasteiger partial charge in [0.15, 0.2) is 0 Å². The molecular formula is C13H20. The fraction of sp³-hybridized carbons (Fsp3) is 0.692. The van der Waals surface area contributed by atoms with Gasteiger partial charge in [0.1, 0.15) is 0 Å². The van der Waals surface area contributed by atoms with Gasteiger partial charge in [-0.05, 0) is 33.8 Å². The second-order valence-electron chi connectivity index (χ2n) is 5.88. The molecule has 0 aromatic carbocycles. The van der Waals surface area contributed by atoms with Gasteiger partial charge in [0.2, 0.25) is 0 Å². The summed E-state index contributed by atoms with van der Waals surface area (Å²) < 4.78 is 0. The van der Waals surface area contributed by atoms with Crippen LogP contribution in [0.2, 0.25) is 0 Å². The van der Waals surface area contributed by atoms with Crippen molar-refractivity contribution >= 4 is 0 Å². The number of rotatable bonds is 0. The minimum absolute atomic E-state index is 0.278. The van der Waals surface area contributed by atoms with Crippen molar-refractivity contribution in [2.24, 2.45) is 16.2 Å². The molecule has 0 aromatic heterocycles. The highest BCUT2D eigenvalue weighted by molar-refractivity contribution is 5.52. The van der Waals surface area contributed by atoms with Crippen LogP contribution in [0, 0.1) is 16.2 Å². The lowest BCUT2D eigenvalue weighted by molar-refractivity contribution is 0.0668.